The van der Waals surface area contributed by atoms with Crippen LogP contribution in [0.15, 0.2) is 48.7 Å². The van der Waals surface area contributed by atoms with Crippen molar-refractivity contribution in [3.05, 3.63) is 59.9 Å². The highest BCUT2D eigenvalue weighted by Crippen LogP contribution is 2.36. The van der Waals surface area contributed by atoms with Crippen LogP contribution >= 0.6 is 0 Å². The van der Waals surface area contributed by atoms with Crippen LogP contribution < -0.4 is 14.5 Å². The molecule has 2 aromatic carbocycles. The van der Waals surface area contributed by atoms with Crippen LogP contribution in [0.3, 0.4) is 0 Å². The predicted molar refractivity (Wildman–Crippen MR) is 158 cm³/mol. The van der Waals surface area contributed by atoms with Crippen LogP contribution in [0.1, 0.15) is 17.7 Å². The number of ether oxygens (including phenoxy) is 1. The van der Waals surface area contributed by atoms with Gasteiger partial charge in [-0.25, -0.2) is 8.78 Å². The summed E-state index contributed by atoms with van der Waals surface area (Å²) in [6.07, 6.45) is 2.63. The number of hydrogen-bond donors (Lipinski definition) is 1. The van der Waals surface area contributed by atoms with Crippen molar-refractivity contribution in [3.63, 3.8) is 0 Å². The van der Waals surface area contributed by atoms with Gasteiger partial charge in [-0.1, -0.05) is 24.3 Å². The van der Waals surface area contributed by atoms with E-state index in [4.69, 9.17) is 14.7 Å². The molecule has 0 radical (unpaired) electrons. The predicted octanol–water partition coefficient (Wildman–Crippen LogP) is 3.49. The highest BCUT2D eigenvalue weighted by atomic mass is 19.2. The Bertz CT molecular complexity index is 1440. The zero-order valence-electron chi connectivity index (χ0n) is 23.5. The van der Waals surface area contributed by atoms with E-state index in [1.54, 1.807) is 17.0 Å². The number of phenols is 1. The lowest BCUT2D eigenvalue weighted by atomic mass is 10.0. The molecule has 6 rings (SSSR count). The summed E-state index contributed by atoms with van der Waals surface area (Å²) in [4.78, 5) is 28.8. The van der Waals surface area contributed by atoms with Gasteiger partial charge in [0.05, 0.1) is 18.8 Å². The van der Waals surface area contributed by atoms with Crippen LogP contribution in [-0.4, -0.2) is 102 Å². The van der Waals surface area contributed by atoms with E-state index in [1.807, 2.05) is 24.4 Å². The largest absolute Gasteiger partial charge is 0.508 e. The molecule has 3 aliphatic heterocycles. The third-order valence-corrected chi connectivity index (χ3v) is 8.28. The molecule has 0 saturated carbocycles. The number of anilines is 2. The SMILES string of the molecule is O=CC=CN1CCN(c2nc(OCCCN3C[C@@H](F)[C@@H](F)C3)nc3c2CCN(c2cc(O)cc4ccccc24)C3)CC1. The lowest BCUT2D eigenvalue weighted by Crippen LogP contribution is -2.45. The highest BCUT2D eigenvalue weighted by Gasteiger charge is 2.32. The van der Waals surface area contributed by atoms with Crippen LogP contribution in [-0.2, 0) is 17.8 Å². The summed E-state index contributed by atoms with van der Waals surface area (Å²) in [5.41, 5.74) is 2.94. The van der Waals surface area contributed by atoms with Gasteiger partial charge in [0.15, 0.2) is 0 Å². The molecule has 2 atom stereocenters. The molecule has 9 nitrogen and oxygen atoms in total. The molecule has 2 fully saturated rings. The number of carbonyl (C=O) groups excluding carboxylic acids is 1. The smallest absolute Gasteiger partial charge is 0.318 e. The van der Waals surface area contributed by atoms with Gasteiger partial charge in [0.25, 0.3) is 0 Å². The summed E-state index contributed by atoms with van der Waals surface area (Å²) < 4.78 is 33.2. The second-order valence-electron chi connectivity index (χ2n) is 11.1. The maximum atomic E-state index is 13.6. The lowest BCUT2D eigenvalue weighted by molar-refractivity contribution is -0.104. The Balaban J connectivity index is 1.23. The molecule has 42 heavy (non-hydrogen) atoms. The van der Waals surface area contributed by atoms with E-state index < -0.39 is 12.3 Å². The van der Waals surface area contributed by atoms with Crippen molar-refractivity contribution in [3.8, 4) is 11.8 Å². The summed E-state index contributed by atoms with van der Waals surface area (Å²) >= 11 is 0. The van der Waals surface area contributed by atoms with Gasteiger partial charge >= 0.3 is 6.01 Å². The number of allylic oxidation sites excluding steroid dienone is 1. The van der Waals surface area contributed by atoms with Gasteiger partial charge in [0, 0.05) is 81.3 Å². The van der Waals surface area contributed by atoms with Crippen LogP contribution in [0.5, 0.6) is 11.8 Å². The maximum Gasteiger partial charge on any atom is 0.318 e. The molecule has 3 aliphatic rings. The van der Waals surface area contributed by atoms with Gasteiger partial charge in [-0.05, 0) is 30.4 Å². The standard InChI is InChI=1S/C31H36F2N6O3/c32-26-19-37(20-27(26)33)9-4-16-42-31-34-28-21-39(29-18-23(41)17-22-5-1-2-6-24(22)29)10-7-25(28)30(35-31)38-13-11-36(12-14-38)8-3-15-40/h1-3,5-6,8,15,17-18,26-27,41H,4,7,9-14,16,19-21H2/t26-,27+. The molecule has 1 N–H and O–H groups in total. The minimum Gasteiger partial charge on any atom is -0.508 e. The Morgan fingerprint density at radius 2 is 1.79 bits per heavy atom. The molecule has 1 aromatic heterocycles. The lowest BCUT2D eigenvalue weighted by Gasteiger charge is -2.38. The zero-order valence-corrected chi connectivity index (χ0v) is 23.5. The molecule has 0 unspecified atom stereocenters. The van der Waals surface area contributed by atoms with Gasteiger partial charge < -0.3 is 24.5 Å². The molecule has 4 heterocycles. The number of fused-ring (bicyclic) bond motifs is 2. The summed E-state index contributed by atoms with van der Waals surface area (Å²) in [7, 11) is 0. The van der Waals surface area contributed by atoms with E-state index in [9.17, 15) is 18.7 Å². The van der Waals surface area contributed by atoms with Gasteiger partial charge in [-0.3, -0.25) is 9.69 Å². The van der Waals surface area contributed by atoms with Crippen LogP contribution in [0, 0.1) is 0 Å². The number of halogens is 2. The number of phenolic OH excluding ortho intramolecular Hbond substituents is 1. The number of piperazine rings is 1. The summed E-state index contributed by atoms with van der Waals surface area (Å²) in [5, 5.41) is 12.5. The second kappa shape index (κ2) is 12.5. The zero-order chi connectivity index (χ0) is 29.1. The van der Waals surface area contributed by atoms with Gasteiger partial charge in [-0.2, -0.15) is 9.97 Å². The number of likely N-dealkylation sites (tertiary alicyclic amines) is 1. The number of rotatable bonds is 9. The summed E-state index contributed by atoms with van der Waals surface area (Å²) in [6, 6.07) is 11.9. The topological polar surface area (TPSA) is 85.3 Å². The summed E-state index contributed by atoms with van der Waals surface area (Å²) in [6.45, 7) is 5.45. The first kappa shape index (κ1) is 28.1. The molecule has 0 spiro atoms. The van der Waals surface area contributed by atoms with E-state index in [0.29, 0.717) is 32.1 Å². The Hall–Kier alpha value is -3.99. The van der Waals surface area contributed by atoms with Crippen molar-refractivity contribution in [1.82, 2.24) is 19.8 Å². The Labute approximate surface area is 244 Å². The van der Waals surface area contributed by atoms with E-state index in [1.165, 1.54) is 6.08 Å². The van der Waals surface area contributed by atoms with Gasteiger partial charge in [0.1, 0.15) is 30.2 Å². The number of aldehydes is 1. The van der Waals surface area contributed by atoms with Gasteiger partial charge in [0.2, 0.25) is 0 Å². The molecule has 11 heteroatoms. The molecule has 3 aromatic rings. The molecule has 222 valence electrons. The van der Waals surface area contributed by atoms with E-state index in [-0.39, 0.29) is 18.8 Å². The van der Waals surface area contributed by atoms with Crippen molar-refractivity contribution in [2.24, 2.45) is 0 Å². The average Bonchev–Trinajstić information content (AvgIpc) is 3.33. The highest BCUT2D eigenvalue weighted by molar-refractivity contribution is 5.95. The molecular weight excluding hydrogens is 542 g/mol. The fraction of sp³-hybridized carbons (Fsp3) is 0.452. The van der Waals surface area contributed by atoms with Crippen molar-refractivity contribution in [2.45, 2.75) is 31.7 Å². The quantitative estimate of drug-likeness (QED) is 0.233. The van der Waals surface area contributed by atoms with Gasteiger partial charge in [-0.15, -0.1) is 0 Å². The van der Waals surface area contributed by atoms with E-state index in [2.05, 4.69) is 20.8 Å². The molecule has 0 bridgehead atoms. The van der Waals surface area contributed by atoms with Crippen LogP contribution in [0.2, 0.25) is 0 Å². The molecular formula is C31H36F2N6O3. The van der Waals surface area contributed by atoms with Crippen LogP contribution in [0.25, 0.3) is 10.8 Å². The number of hydrogen-bond acceptors (Lipinski definition) is 9. The third-order valence-electron chi connectivity index (χ3n) is 8.28. The first-order valence-corrected chi connectivity index (χ1v) is 14.6. The Kier molecular flexibility index (Phi) is 8.36. The second-order valence-corrected chi connectivity index (χ2v) is 11.1. The number of carbonyl (C=O) groups is 1. The monoisotopic (exact) mass is 578 g/mol. The van der Waals surface area contributed by atoms with E-state index in [0.717, 1.165) is 79.0 Å². The normalized spacial score (nSPS) is 21.3. The fourth-order valence-corrected chi connectivity index (χ4v) is 6.13. The minimum absolute atomic E-state index is 0.119. The van der Waals surface area contributed by atoms with Crippen molar-refractivity contribution >= 4 is 28.6 Å². The van der Waals surface area contributed by atoms with Crippen LogP contribution in [0.4, 0.5) is 20.3 Å². The van der Waals surface area contributed by atoms with Crippen molar-refractivity contribution in [2.75, 3.05) is 68.8 Å². The first-order valence-electron chi connectivity index (χ1n) is 14.6. The van der Waals surface area contributed by atoms with E-state index >= 15 is 0 Å². The average molecular weight is 579 g/mol. The molecule has 2 saturated heterocycles. The van der Waals surface area contributed by atoms with Crippen molar-refractivity contribution in [1.29, 1.82) is 0 Å². The maximum absolute atomic E-state index is 13.6. The molecule has 0 amide bonds. The number of aromatic nitrogens is 2. The number of aromatic hydroxyl groups is 1. The Morgan fingerprint density at radius 1 is 1.00 bits per heavy atom. The van der Waals surface area contributed by atoms with Crippen molar-refractivity contribution < 1.29 is 23.4 Å². The minimum atomic E-state index is -1.42. The third kappa shape index (κ3) is 6.11. The summed E-state index contributed by atoms with van der Waals surface area (Å²) in [5.74, 6) is 1.09. The Morgan fingerprint density at radius 3 is 2.57 bits per heavy atom. The fourth-order valence-electron chi connectivity index (χ4n) is 6.13. The number of benzene rings is 2. The first-order chi connectivity index (χ1) is 20.5. The molecule has 0 aliphatic carbocycles. The number of alkyl halides is 2. The number of nitrogens with zero attached hydrogens (tertiary/aromatic N) is 6.